The Kier molecular flexibility index (Phi) is 3.85. The second-order valence-electron chi connectivity index (χ2n) is 4.01. The first-order valence-corrected chi connectivity index (χ1v) is 6.87. The van der Waals surface area contributed by atoms with Gasteiger partial charge in [0.2, 0.25) is 0 Å². The fourth-order valence-corrected chi connectivity index (χ4v) is 2.64. The minimum Gasteiger partial charge on any atom is -0.293 e. The molecule has 0 saturated carbocycles. The maximum Gasteiger partial charge on any atom is 0.173 e. The number of carbonyl (C=O) groups is 1. The number of hydrogen-bond donors (Lipinski definition) is 0. The number of halogens is 2. The highest BCUT2D eigenvalue weighted by Gasteiger charge is 2.23. The lowest BCUT2D eigenvalue weighted by Gasteiger charge is -2.13. The Labute approximate surface area is 114 Å². The summed E-state index contributed by atoms with van der Waals surface area (Å²) in [5.41, 5.74) is 2.93. The zero-order valence-electron chi connectivity index (χ0n) is 9.41. The van der Waals surface area contributed by atoms with Crippen LogP contribution in [0.1, 0.15) is 18.4 Å². The Balaban J connectivity index is 2.39. The fourth-order valence-electron chi connectivity index (χ4n) is 2.08. The van der Waals surface area contributed by atoms with Gasteiger partial charge in [0.05, 0.1) is 5.33 Å². The topological polar surface area (TPSA) is 17.1 Å². The number of hydrogen-bond acceptors (Lipinski definition) is 1. The summed E-state index contributed by atoms with van der Waals surface area (Å²) in [4.78, 5) is 11.7. The van der Waals surface area contributed by atoms with Crippen molar-refractivity contribution in [1.82, 2.24) is 0 Å². The molecule has 0 amide bonds. The molecule has 0 radical (unpaired) electrons. The second kappa shape index (κ2) is 5.19. The molecule has 0 N–H and O–H groups in total. The molecule has 0 aromatic heterocycles. The molecule has 0 heterocycles. The van der Waals surface area contributed by atoms with Crippen LogP contribution in [0.3, 0.4) is 0 Å². The molecule has 1 aliphatic carbocycles. The van der Waals surface area contributed by atoms with E-state index in [1.807, 2.05) is 43.3 Å². The first-order valence-electron chi connectivity index (χ1n) is 5.37. The van der Waals surface area contributed by atoms with Crippen LogP contribution in [-0.4, -0.2) is 11.1 Å². The molecule has 1 aromatic carbocycles. The monoisotopic (exact) mass is 310 g/mol. The summed E-state index contributed by atoms with van der Waals surface area (Å²) < 4.78 is 0. The largest absolute Gasteiger partial charge is 0.293 e. The average Bonchev–Trinajstić information content (AvgIpc) is 2.71. The Morgan fingerprint density at radius 1 is 1.41 bits per heavy atom. The molecule has 3 heteroatoms. The van der Waals surface area contributed by atoms with Crippen LogP contribution in [0.25, 0.3) is 0 Å². The molecule has 1 nitrogen and oxygen atoms in total. The van der Waals surface area contributed by atoms with E-state index in [2.05, 4.69) is 15.9 Å². The quantitative estimate of drug-likeness (QED) is 0.762. The molecule has 0 saturated heterocycles. The van der Waals surface area contributed by atoms with E-state index in [4.69, 9.17) is 11.6 Å². The Morgan fingerprint density at radius 2 is 2.12 bits per heavy atom. The van der Waals surface area contributed by atoms with Crippen molar-refractivity contribution in [2.45, 2.75) is 12.8 Å². The molecule has 1 atom stereocenters. The fraction of sp³-hybridized carbons (Fsp3) is 0.214. The first-order chi connectivity index (χ1) is 8.15. The lowest BCUT2D eigenvalue weighted by Crippen LogP contribution is -2.04. The van der Waals surface area contributed by atoms with E-state index in [9.17, 15) is 4.79 Å². The third-order valence-corrected chi connectivity index (χ3v) is 3.86. The Hall–Kier alpha value is -0.860. The van der Waals surface area contributed by atoms with Crippen molar-refractivity contribution in [3.05, 3.63) is 58.1 Å². The van der Waals surface area contributed by atoms with Gasteiger partial charge in [0.1, 0.15) is 0 Å². The SMILES string of the molecule is CC1=C(C(=O)CBr)C=CC1c1ccccc1Cl. The first kappa shape index (κ1) is 12.6. The summed E-state index contributed by atoms with van der Waals surface area (Å²) in [7, 11) is 0. The molecule has 0 fully saturated rings. The molecular weight excluding hydrogens is 300 g/mol. The standard InChI is InChI=1S/C14H12BrClO/c1-9-10(6-7-11(9)14(17)8-15)12-4-2-3-5-13(12)16/h2-7,10H,8H2,1H3. The van der Waals surface area contributed by atoms with Gasteiger partial charge in [0, 0.05) is 16.5 Å². The highest BCUT2D eigenvalue weighted by molar-refractivity contribution is 9.09. The molecule has 0 aliphatic heterocycles. The maximum atomic E-state index is 11.7. The van der Waals surface area contributed by atoms with Crippen LogP contribution in [0.15, 0.2) is 47.6 Å². The Morgan fingerprint density at radius 3 is 2.76 bits per heavy atom. The van der Waals surface area contributed by atoms with Gasteiger partial charge in [0.25, 0.3) is 0 Å². The number of ketones is 1. The zero-order valence-corrected chi connectivity index (χ0v) is 11.8. The second-order valence-corrected chi connectivity index (χ2v) is 4.98. The van der Waals surface area contributed by atoms with Crippen LogP contribution < -0.4 is 0 Å². The van der Waals surface area contributed by atoms with Crippen molar-refractivity contribution in [3.8, 4) is 0 Å². The summed E-state index contributed by atoms with van der Waals surface area (Å²) in [5.74, 6) is 0.245. The minimum atomic E-state index is 0.119. The molecule has 88 valence electrons. The predicted molar refractivity (Wildman–Crippen MR) is 74.8 cm³/mol. The summed E-state index contributed by atoms with van der Waals surface area (Å²) in [5, 5.41) is 1.10. The van der Waals surface area contributed by atoms with E-state index >= 15 is 0 Å². The van der Waals surface area contributed by atoms with Crippen molar-refractivity contribution in [1.29, 1.82) is 0 Å². The molecule has 0 spiro atoms. The Bertz CT molecular complexity index is 517. The van der Waals surface area contributed by atoms with E-state index in [1.165, 1.54) is 0 Å². The molecule has 1 aromatic rings. The van der Waals surface area contributed by atoms with Crippen molar-refractivity contribution in [3.63, 3.8) is 0 Å². The number of benzene rings is 1. The molecule has 1 aliphatic rings. The summed E-state index contributed by atoms with van der Waals surface area (Å²) in [6.07, 6.45) is 3.93. The predicted octanol–water partition coefficient (Wildman–Crippen LogP) is 4.27. The number of rotatable bonds is 3. The van der Waals surface area contributed by atoms with E-state index < -0.39 is 0 Å². The zero-order chi connectivity index (χ0) is 12.4. The number of carbonyl (C=O) groups excluding carboxylic acids is 1. The van der Waals surface area contributed by atoms with Crippen molar-refractivity contribution in [2.24, 2.45) is 0 Å². The summed E-state index contributed by atoms with van der Waals surface area (Å²) in [6.45, 7) is 1.99. The lowest BCUT2D eigenvalue weighted by molar-refractivity contribution is -0.112. The normalized spacial score (nSPS) is 18.9. The van der Waals surface area contributed by atoms with Gasteiger partial charge in [-0.25, -0.2) is 0 Å². The van der Waals surface area contributed by atoms with Crippen molar-refractivity contribution in [2.75, 3.05) is 5.33 Å². The van der Waals surface area contributed by atoms with Crippen LogP contribution in [0, 0.1) is 0 Å². The number of Topliss-reactive ketones (excluding diaryl/α,β-unsaturated/α-hetero) is 1. The van der Waals surface area contributed by atoms with Gasteiger partial charge in [-0.1, -0.05) is 63.5 Å². The van der Waals surface area contributed by atoms with Crippen LogP contribution in [0.2, 0.25) is 5.02 Å². The van der Waals surface area contributed by atoms with E-state index in [1.54, 1.807) is 0 Å². The number of allylic oxidation sites excluding steroid dienone is 4. The smallest absolute Gasteiger partial charge is 0.173 e. The van der Waals surface area contributed by atoms with Crippen molar-refractivity contribution < 1.29 is 4.79 Å². The third-order valence-electron chi connectivity index (χ3n) is 3.01. The van der Waals surface area contributed by atoms with E-state index in [-0.39, 0.29) is 11.7 Å². The highest BCUT2D eigenvalue weighted by Crippen LogP contribution is 2.37. The average molecular weight is 312 g/mol. The molecule has 17 heavy (non-hydrogen) atoms. The highest BCUT2D eigenvalue weighted by atomic mass is 79.9. The lowest BCUT2D eigenvalue weighted by atomic mass is 9.93. The molecule has 1 unspecified atom stereocenters. The van der Waals surface area contributed by atoms with Crippen LogP contribution in [-0.2, 0) is 4.79 Å². The van der Waals surface area contributed by atoms with Gasteiger partial charge < -0.3 is 0 Å². The molecular formula is C14H12BrClO. The van der Waals surface area contributed by atoms with Gasteiger partial charge in [-0.2, -0.15) is 0 Å². The van der Waals surface area contributed by atoms with Gasteiger partial charge >= 0.3 is 0 Å². The summed E-state index contributed by atoms with van der Waals surface area (Å²) >= 11 is 9.38. The van der Waals surface area contributed by atoms with Gasteiger partial charge in [-0.05, 0) is 18.6 Å². The summed E-state index contributed by atoms with van der Waals surface area (Å²) in [6, 6.07) is 7.76. The van der Waals surface area contributed by atoms with Gasteiger partial charge in [-0.3, -0.25) is 4.79 Å². The van der Waals surface area contributed by atoms with Crippen molar-refractivity contribution >= 4 is 33.3 Å². The van der Waals surface area contributed by atoms with Gasteiger partial charge in [-0.15, -0.1) is 0 Å². The van der Waals surface area contributed by atoms with E-state index in [0.29, 0.717) is 5.33 Å². The molecule has 2 rings (SSSR count). The van der Waals surface area contributed by atoms with Crippen LogP contribution >= 0.6 is 27.5 Å². The van der Waals surface area contributed by atoms with Crippen LogP contribution in [0.4, 0.5) is 0 Å². The molecule has 0 bridgehead atoms. The minimum absolute atomic E-state index is 0.119. The van der Waals surface area contributed by atoms with E-state index in [0.717, 1.165) is 21.7 Å². The van der Waals surface area contributed by atoms with Crippen LogP contribution in [0.5, 0.6) is 0 Å². The maximum absolute atomic E-state index is 11.7. The number of alkyl halides is 1. The third kappa shape index (κ3) is 2.38. The van der Waals surface area contributed by atoms with Gasteiger partial charge in [0.15, 0.2) is 5.78 Å².